The lowest BCUT2D eigenvalue weighted by Crippen LogP contribution is -2.08. The first-order valence-electron chi connectivity index (χ1n) is 3.31. The molecule has 0 aliphatic heterocycles. The highest BCUT2D eigenvalue weighted by Crippen LogP contribution is 2.24. The average molecular weight is 272 g/mol. The van der Waals surface area contributed by atoms with Gasteiger partial charge in [-0.25, -0.2) is 13.8 Å². The molecule has 13 heavy (non-hydrogen) atoms. The third-order valence-corrected chi connectivity index (χ3v) is 1.82. The van der Waals surface area contributed by atoms with Crippen molar-refractivity contribution in [1.29, 1.82) is 0 Å². The van der Waals surface area contributed by atoms with Gasteiger partial charge in [0, 0.05) is 10.7 Å². The third-order valence-electron chi connectivity index (χ3n) is 1.12. The van der Waals surface area contributed by atoms with Crippen molar-refractivity contribution in [1.82, 2.24) is 4.98 Å². The maximum Gasteiger partial charge on any atom is 0.272 e. The molecule has 0 fully saturated rings. The number of aromatic nitrogens is 1. The second-order valence-corrected chi connectivity index (χ2v) is 3.47. The Kier molecular flexibility index (Phi) is 3.87. The van der Waals surface area contributed by atoms with Crippen LogP contribution in [0, 0.1) is 0 Å². The molecule has 0 amide bonds. The van der Waals surface area contributed by atoms with Crippen LogP contribution >= 0.6 is 27.5 Å². The third kappa shape index (κ3) is 3.44. The summed E-state index contributed by atoms with van der Waals surface area (Å²) in [6.45, 7) is -0.700. The number of rotatable bonds is 3. The molecule has 1 heterocycles. The van der Waals surface area contributed by atoms with E-state index in [0.717, 1.165) is 0 Å². The summed E-state index contributed by atoms with van der Waals surface area (Å²) in [5, 5.41) is 0.204. The minimum absolute atomic E-state index is 0.0187. The van der Waals surface area contributed by atoms with Crippen molar-refractivity contribution >= 4 is 27.5 Å². The fourth-order valence-corrected chi connectivity index (χ4v) is 1.33. The van der Waals surface area contributed by atoms with Crippen LogP contribution in [0.15, 0.2) is 16.7 Å². The molecule has 0 saturated heterocycles. The van der Waals surface area contributed by atoms with Gasteiger partial charge in [0.05, 0.1) is 0 Å². The predicted octanol–water partition coefficient (Wildman–Crippen LogP) is 3.14. The molecule has 0 bridgehead atoms. The Labute approximate surface area is 87.0 Å². The molecule has 6 heteroatoms. The van der Waals surface area contributed by atoms with Crippen LogP contribution in [0.25, 0.3) is 0 Å². The van der Waals surface area contributed by atoms with Gasteiger partial charge in [-0.3, -0.25) is 0 Å². The zero-order valence-electron chi connectivity index (χ0n) is 6.31. The quantitative estimate of drug-likeness (QED) is 0.843. The number of pyridine rings is 1. The average Bonchev–Trinajstić information content (AvgIpc) is 2.02. The minimum atomic E-state index is -2.53. The fraction of sp³-hybridized carbons (Fsp3) is 0.286. The molecule has 0 aliphatic carbocycles. The largest absolute Gasteiger partial charge is 0.471 e. The molecule has 1 aromatic heterocycles. The Bertz CT molecular complexity index is 298. The van der Waals surface area contributed by atoms with Crippen LogP contribution in [0.3, 0.4) is 0 Å². The Hall–Kier alpha value is -0.420. The van der Waals surface area contributed by atoms with Crippen LogP contribution in [0.4, 0.5) is 8.78 Å². The molecular formula is C7H5BrClF2NO. The zero-order valence-corrected chi connectivity index (χ0v) is 8.65. The lowest BCUT2D eigenvalue weighted by molar-refractivity contribution is 0.0796. The van der Waals surface area contributed by atoms with Gasteiger partial charge in [-0.2, -0.15) is 0 Å². The van der Waals surface area contributed by atoms with Crippen molar-refractivity contribution in [3.8, 4) is 5.88 Å². The summed E-state index contributed by atoms with van der Waals surface area (Å²) in [6, 6.07) is 1.52. The van der Waals surface area contributed by atoms with E-state index >= 15 is 0 Å². The molecule has 1 rings (SSSR count). The summed E-state index contributed by atoms with van der Waals surface area (Å²) in [6.07, 6.45) is -1.10. The standard InChI is InChI=1S/C7H5BrClF2NO/c8-4-1-5(9)7(12-2-4)13-3-6(10)11/h1-2,6H,3H2. The molecule has 0 aliphatic rings. The smallest absolute Gasteiger partial charge is 0.272 e. The Morgan fingerprint density at radius 1 is 1.62 bits per heavy atom. The van der Waals surface area contributed by atoms with Gasteiger partial charge in [-0.1, -0.05) is 11.6 Å². The SMILES string of the molecule is FC(F)COc1ncc(Br)cc1Cl. The summed E-state index contributed by atoms with van der Waals surface area (Å²) in [4.78, 5) is 3.72. The van der Waals surface area contributed by atoms with Gasteiger partial charge < -0.3 is 4.74 Å². The first kappa shape index (κ1) is 10.7. The number of hydrogen-bond acceptors (Lipinski definition) is 2. The first-order valence-corrected chi connectivity index (χ1v) is 4.48. The van der Waals surface area contributed by atoms with Crippen molar-refractivity contribution in [3.63, 3.8) is 0 Å². The van der Waals surface area contributed by atoms with Crippen molar-refractivity contribution in [2.75, 3.05) is 6.61 Å². The molecule has 0 radical (unpaired) electrons. The van der Waals surface area contributed by atoms with Gasteiger partial charge in [0.15, 0.2) is 6.61 Å². The van der Waals surface area contributed by atoms with Crippen LogP contribution in [-0.4, -0.2) is 18.0 Å². The van der Waals surface area contributed by atoms with E-state index in [2.05, 4.69) is 25.7 Å². The van der Waals surface area contributed by atoms with Crippen molar-refractivity contribution in [3.05, 3.63) is 21.8 Å². The number of hydrogen-bond donors (Lipinski definition) is 0. The van der Waals surface area contributed by atoms with Gasteiger partial charge >= 0.3 is 0 Å². The molecule has 0 aromatic carbocycles. The number of ether oxygens (including phenoxy) is 1. The van der Waals surface area contributed by atoms with Gasteiger partial charge in [0.2, 0.25) is 5.88 Å². The topological polar surface area (TPSA) is 22.1 Å². The highest BCUT2D eigenvalue weighted by molar-refractivity contribution is 9.10. The summed E-state index contributed by atoms with van der Waals surface area (Å²) >= 11 is 8.78. The highest BCUT2D eigenvalue weighted by Gasteiger charge is 2.07. The van der Waals surface area contributed by atoms with E-state index in [0.29, 0.717) is 4.47 Å². The van der Waals surface area contributed by atoms with Crippen LogP contribution in [0.2, 0.25) is 5.02 Å². The van der Waals surface area contributed by atoms with Crippen LogP contribution in [0.1, 0.15) is 0 Å². The number of alkyl halides is 2. The summed E-state index contributed by atoms with van der Waals surface area (Å²) in [7, 11) is 0. The highest BCUT2D eigenvalue weighted by atomic mass is 79.9. The van der Waals surface area contributed by atoms with Crippen LogP contribution in [-0.2, 0) is 0 Å². The lowest BCUT2D eigenvalue weighted by Gasteiger charge is -2.05. The van der Waals surface area contributed by atoms with Gasteiger partial charge in [-0.05, 0) is 22.0 Å². The zero-order chi connectivity index (χ0) is 9.84. The maximum atomic E-state index is 11.7. The first-order chi connectivity index (χ1) is 6.09. The minimum Gasteiger partial charge on any atom is -0.471 e. The van der Waals surface area contributed by atoms with Gasteiger partial charge in [0.25, 0.3) is 6.43 Å². The van der Waals surface area contributed by atoms with E-state index in [-0.39, 0.29) is 10.9 Å². The van der Waals surface area contributed by atoms with Crippen molar-refractivity contribution < 1.29 is 13.5 Å². The monoisotopic (exact) mass is 271 g/mol. The predicted molar refractivity (Wildman–Crippen MR) is 48.4 cm³/mol. The van der Waals surface area contributed by atoms with Gasteiger partial charge in [0.1, 0.15) is 5.02 Å². The van der Waals surface area contributed by atoms with E-state index in [1.54, 1.807) is 0 Å². The Balaban J connectivity index is 2.67. The Morgan fingerprint density at radius 3 is 2.85 bits per heavy atom. The molecule has 0 atom stereocenters. The van der Waals surface area contributed by atoms with Crippen LogP contribution < -0.4 is 4.74 Å². The van der Waals surface area contributed by atoms with E-state index in [9.17, 15) is 8.78 Å². The second-order valence-electron chi connectivity index (χ2n) is 2.14. The summed E-state index contributed by atoms with van der Waals surface area (Å²) in [5.41, 5.74) is 0. The van der Waals surface area contributed by atoms with E-state index in [4.69, 9.17) is 11.6 Å². The number of nitrogens with zero attached hydrogens (tertiary/aromatic N) is 1. The molecule has 1 aromatic rings. The maximum absolute atomic E-state index is 11.7. The molecule has 72 valence electrons. The fourth-order valence-electron chi connectivity index (χ4n) is 0.650. The molecular weight excluding hydrogens is 267 g/mol. The van der Waals surface area contributed by atoms with Crippen molar-refractivity contribution in [2.24, 2.45) is 0 Å². The van der Waals surface area contributed by atoms with Crippen molar-refractivity contribution in [2.45, 2.75) is 6.43 Å². The molecule has 2 nitrogen and oxygen atoms in total. The van der Waals surface area contributed by atoms with Crippen LogP contribution in [0.5, 0.6) is 5.88 Å². The van der Waals surface area contributed by atoms with E-state index < -0.39 is 13.0 Å². The second kappa shape index (κ2) is 4.72. The lowest BCUT2D eigenvalue weighted by atomic mass is 10.5. The molecule has 0 N–H and O–H groups in total. The normalized spacial score (nSPS) is 10.5. The summed E-state index contributed by atoms with van der Waals surface area (Å²) in [5.74, 6) is 0.0187. The Morgan fingerprint density at radius 2 is 2.31 bits per heavy atom. The summed E-state index contributed by atoms with van der Waals surface area (Å²) < 4.78 is 28.8. The van der Waals surface area contributed by atoms with E-state index in [1.165, 1.54) is 12.3 Å². The molecule has 0 unspecified atom stereocenters. The molecule has 0 saturated carbocycles. The molecule has 0 spiro atoms. The van der Waals surface area contributed by atoms with Gasteiger partial charge in [-0.15, -0.1) is 0 Å². The van der Waals surface area contributed by atoms with E-state index in [1.807, 2.05) is 0 Å². The number of halogens is 4.